The summed E-state index contributed by atoms with van der Waals surface area (Å²) in [7, 11) is 0. The summed E-state index contributed by atoms with van der Waals surface area (Å²) in [4.78, 5) is 1.98. The molecule has 0 amide bonds. The van der Waals surface area contributed by atoms with Gasteiger partial charge in [0.2, 0.25) is 0 Å². The molecule has 0 aromatic heterocycles. The van der Waals surface area contributed by atoms with E-state index in [2.05, 4.69) is 0 Å². The summed E-state index contributed by atoms with van der Waals surface area (Å²) in [5.41, 5.74) is 8.49. The van der Waals surface area contributed by atoms with Crippen LogP contribution in [0.1, 0.15) is 5.56 Å². The molecule has 0 saturated carbocycles. The van der Waals surface area contributed by atoms with Gasteiger partial charge in [-0.3, -0.25) is 0 Å². The SMILES string of the molecule is Cc1cc(N)ccc1N1CC(O)C(O)C1. The zero-order chi connectivity index (χ0) is 11.0. The summed E-state index contributed by atoms with van der Waals surface area (Å²) in [6, 6.07) is 5.65. The molecular formula is C11H16N2O2. The Kier molecular flexibility index (Phi) is 2.54. The van der Waals surface area contributed by atoms with Gasteiger partial charge in [-0.1, -0.05) is 0 Å². The summed E-state index contributed by atoms with van der Waals surface area (Å²) < 4.78 is 0. The van der Waals surface area contributed by atoms with Crippen molar-refractivity contribution in [1.29, 1.82) is 0 Å². The summed E-state index contributed by atoms with van der Waals surface area (Å²) in [5, 5.41) is 18.9. The predicted octanol–water partition coefficient (Wildman–Crippen LogP) is 0.119. The quantitative estimate of drug-likeness (QED) is 0.573. The molecule has 0 bridgehead atoms. The number of aliphatic hydroxyl groups excluding tert-OH is 2. The van der Waals surface area contributed by atoms with Gasteiger partial charge in [-0.15, -0.1) is 0 Å². The molecule has 1 aromatic rings. The van der Waals surface area contributed by atoms with Gasteiger partial charge in [0.05, 0.1) is 12.2 Å². The molecule has 2 atom stereocenters. The van der Waals surface area contributed by atoms with Gasteiger partial charge in [0.25, 0.3) is 0 Å². The topological polar surface area (TPSA) is 69.7 Å². The standard InChI is InChI=1S/C11H16N2O2/c1-7-4-8(12)2-3-9(7)13-5-10(14)11(15)6-13/h2-4,10-11,14-15H,5-6,12H2,1H3. The van der Waals surface area contributed by atoms with E-state index in [9.17, 15) is 10.2 Å². The smallest absolute Gasteiger partial charge is 0.0990 e. The molecule has 1 fully saturated rings. The second-order valence-electron chi connectivity index (χ2n) is 4.09. The van der Waals surface area contributed by atoms with Gasteiger partial charge in [-0.05, 0) is 30.7 Å². The Bertz CT molecular complexity index is 358. The van der Waals surface area contributed by atoms with Crippen LogP contribution in [0.25, 0.3) is 0 Å². The third-order valence-corrected chi connectivity index (χ3v) is 2.82. The average Bonchev–Trinajstić information content (AvgIpc) is 2.46. The molecule has 15 heavy (non-hydrogen) atoms. The number of benzene rings is 1. The number of nitrogen functional groups attached to an aromatic ring is 1. The van der Waals surface area contributed by atoms with Crippen LogP contribution in [-0.4, -0.2) is 35.5 Å². The molecule has 0 spiro atoms. The lowest BCUT2D eigenvalue weighted by molar-refractivity contribution is 0.0572. The van der Waals surface area contributed by atoms with Crippen molar-refractivity contribution in [3.8, 4) is 0 Å². The highest BCUT2D eigenvalue weighted by atomic mass is 16.3. The molecule has 2 rings (SSSR count). The number of β-amino-alcohol motifs (C(OH)–C–C–N with tert-alkyl or cyclic N) is 2. The van der Waals surface area contributed by atoms with E-state index in [4.69, 9.17) is 5.73 Å². The number of nitrogens with two attached hydrogens (primary N) is 1. The van der Waals surface area contributed by atoms with Crippen molar-refractivity contribution in [3.63, 3.8) is 0 Å². The number of nitrogens with zero attached hydrogens (tertiary/aromatic N) is 1. The Hall–Kier alpha value is -1.26. The molecule has 2 unspecified atom stereocenters. The molecule has 1 aliphatic rings. The second kappa shape index (κ2) is 3.72. The maximum absolute atomic E-state index is 9.46. The fraction of sp³-hybridized carbons (Fsp3) is 0.455. The fourth-order valence-corrected chi connectivity index (χ4v) is 2.00. The van der Waals surface area contributed by atoms with E-state index in [0.717, 1.165) is 16.9 Å². The Labute approximate surface area is 88.9 Å². The highest BCUT2D eigenvalue weighted by Gasteiger charge is 2.30. The minimum atomic E-state index is -0.651. The van der Waals surface area contributed by atoms with E-state index in [-0.39, 0.29) is 0 Å². The predicted molar refractivity (Wildman–Crippen MR) is 59.8 cm³/mol. The van der Waals surface area contributed by atoms with E-state index in [1.807, 2.05) is 30.0 Å². The van der Waals surface area contributed by atoms with Crippen molar-refractivity contribution >= 4 is 11.4 Å². The zero-order valence-corrected chi connectivity index (χ0v) is 8.72. The molecule has 1 heterocycles. The van der Waals surface area contributed by atoms with E-state index in [1.54, 1.807) is 0 Å². The van der Waals surface area contributed by atoms with Crippen LogP contribution in [0.3, 0.4) is 0 Å². The summed E-state index contributed by atoms with van der Waals surface area (Å²) >= 11 is 0. The second-order valence-corrected chi connectivity index (χ2v) is 4.09. The van der Waals surface area contributed by atoms with Crippen molar-refractivity contribution in [1.82, 2.24) is 0 Å². The number of anilines is 2. The number of hydrogen-bond donors (Lipinski definition) is 3. The van der Waals surface area contributed by atoms with Crippen molar-refractivity contribution in [2.75, 3.05) is 23.7 Å². The summed E-state index contributed by atoms with van der Waals surface area (Å²) in [5.74, 6) is 0. The lowest BCUT2D eigenvalue weighted by atomic mass is 10.1. The first kappa shape index (κ1) is 10.3. The van der Waals surface area contributed by atoms with E-state index >= 15 is 0 Å². The molecule has 4 heteroatoms. The first-order chi connectivity index (χ1) is 7.08. The minimum Gasteiger partial charge on any atom is -0.399 e. The van der Waals surface area contributed by atoms with Gasteiger partial charge >= 0.3 is 0 Å². The van der Waals surface area contributed by atoms with Crippen LogP contribution in [0, 0.1) is 6.92 Å². The third kappa shape index (κ3) is 1.91. The maximum Gasteiger partial charge on any atom is 0.0990 e. The van der Waals surface area contributed by atoms with Crippen LogP contribution in [0.5, 0.6) is 0 Å². The molecule has 1 saturated heterocycles. The molecule has 1 aliphatic heterocycles. The maximum atomic E-state index is 9.46. The van der Waals surface area contributed by atoms with Crippen LogP contribution in [-0.2, 0) is 0 Å². The van der Waals surface area contributed by atoms with Crippen LogP contribution >= 0.6 is 0 Å². The molecule has 4 N–H and O–H groups in total. The third-order valence-electron chi connectivity index (χ3n) is 2.82. The van der Waals surface area contributed by atoms with Crippen LogP contribution < -0.4 is 10.6 Å². The molecule has 0 aliphatic carbocycles. The molecule has 1 aromatic carbocycles. The van der Waals surface area contributed by atoms with E-state index < -0.39 is 12.2 Å². The van der Waals surface area contributed by atoms with Crippen molar-refractivity contribution in [2.24, 2.45) is 0 Å². The average molecular weight is 208 g/mol. The highest BCUT2D eigenvalue weighted by molar-refractivity contribution is 5.59. The van der Waals surface area contributed by atoms with Crippen molar-refractivity contribution in [3.05, 3.63) is 23.8 Å². The van der Waals surface area contributed by atoms with Crippen LogP contribution in [0.4, 0.5) is 11.4 Å². The summed E-state index contributed by atoms with van der Waals surface area (Å²) in [6.07, 6.45) is -1.30. The number of aryl methyl sites for hydroxylation is 1. The molecule has 4 nitrogen and oxygen atoms in total. The Morgan fingerprint density at radius 2 is 1.87 bits per heavy atom. The Balaban J connectivity index is 2.24. The first-order valence-electron chi connectivity index (χ1n) is 5.05. The molecular weight excluding hydrogens is 192 g/mol. The van der Waals surface area contributed by atoms with Gasteiger partial charge in [0, 0.05) is 24.5 Å². The van der Waals surface area contributed by atoms with Crippen molar-refractivity contribution in [2.45, 2.75) is 19.1 Å². The lowest BCUT2D eigenvalue weighted by Crippen LogP contribution is -2.22. The minimum absolute atomic E-state index is 0.478. The van der Waals surface area contributed by atoms with Crippen LogP contribution in [0.15, 0.2) is 18.2 Å². The Morgan fingerprint density at radius 3 is 2.40 bits per heavy atom. The Morgan fingerprint density at radius 1 is 1.27 bits per heavy atom. The van der Waals surface area contributed by atoms with E-state index in [0.29, 0.717) is 13.1 Å². The monoisotopic (exact) mass is 208 g/mol. The van der Waals surface area contributed by atoms with Crippen LogP contribution in [0.2, 0.25) is 0 Å². The van der Waals surface area contributed by atoms with Gasteiger partial charge in [-0.25, -0.2) is 0 Å². The van der Waals surface area contributed by atoms with Gasteiger partial charge < -0.3 is 20.8 Å². The van der Waals surface area contributed by atoms with Crippen molar-refractivity contribution < 1.29 is 10.2 Å². The zero-order valence-electron chi connectivity index (χ0n) is 8.72. The van der Waals surface area contributed by atoms with Gasteiger partial charge in [0.1, 0.15) is 0 Å². The number of aliphatic hydroxyl groups is 2. The first-order valence-corrected chi connectivity index (χ1v) is 5.05. The highest BCUT2D eigenvalue weighted by Crippen LogP contribution is 2.25. The fourth-order valence-electron chi connectivity index (χ4n) is 2.00. The number of rotatable bonds is 1. The normalized spacial score (nSPS) is 25.9. The van der Waals surface area contributed by atoms with Gasteiger partial charge in [-0.2, -0.15) is 0 Å². The van der Waals surface area contributed by atoms with Gasteiger partial charge in [0.15, 0.2) is 0 Å². The largest absolute Gasteiger partial charge is 0.399 e. The molecule has 82 valence electrons. The lowest BCUT2D eigenvalue weighted by Gasteiger charge is -2.20. The number of hydrogen-bond acceptors (Lipinski definition) is 4. The molecule has 0 radical (unpaired) electrons. The summed E-state index contributed by atoms with van der Waals surface area (Å²) in [6.45, 7) is 2.93. The van der Waals surface area contributed by atoms with E-state index in [1.165, 1.54) is 0 Å².